The average Bonchev–Trinajstić information content (AvgIpc) is 2.90. The maximum atomic E-state index is 5.94. The summed E-state index contributed by atoms with van der Waals surface area (Å²) in [6, 6.07) is 9.37. The summed E-state index contributed by atoms with van der Waals surface area (Å²) in [6.07, 6.45) is 3.40. The van der Waals surface area contributed by atoms with Crippen molar-refractivity contribution in [3.8, 4) is 28.1 Å². The predicted molar refractivity (Wildman–Crippen MR) is 83.8 cm³/mol. The average molecular weight is 346 g/mol. The third-order valence-corrected chi connectivity index (χ3v) is 3.81. The third kappa shape index (κ3) is 2.50. The molecule has 0 amide bonds. The summed E-state index contributed by atoms with van der Waals surface area (Å²) in [6.45, 7) is 0. The number of hydrogen-bond acceptors (Lipinski definition) is 5. The van der Waals surface area contributed by atoms with Crippen LogP contribution in [0.3, 0.4) is 0 Å². The van der Waals surface area contributed by atoms with Gasteiger partial charge in [0.05, 0.1) is 12.7 Å². The van der Waals surface area contributed by atoms with Crippen LogP contribution in [-0.4, -0.2) is 17.3 Å². The van der Waals surface area contributed by atoms with Gasteiger partial charge in [-0.05, 0) is 35.9 Å². The summed E-state index contributed by atoms with van der Waals surface area (Å²) in [5, 5.41) is 4.09. The minimum atomic E-state index is 0.269. The quantitative estimate of drug-likeness (QED) is 0.782. The van der Waals surface area contributed by atoms with E-state index in [2.05, 4.69) is 26.1 Å². The van der Waals surface area contributed by atoms with E-state index in [1.165, 1.54) is 0 Å². The molecule has 0 saturated heterocycles. The first-order valence-corrected chi connectivity index (χ1v) is 6.99. The van der Waals surface area contributed by atoms with Gasteiger partial charge in [-0.2, -0.15) is 0 Å². The number of pyridine rings is 1. The third-order valence-electron chi connectivity index (χ3n) is 3.12. The second kappa shape index (κ2) is 5.57. The van der Waals surface area contributed by atoms with E-state index >= 15 is 0 Å². The fourth-order valence-electron chi connectivity index (χ4n) is 2.10. The van der Waals surface area contributed by atoms with Crippen molar-refractivity contribution in [1.29, 1.82) is 0 Å². The largest absolute Gasteiger partial charge is 0.497 e. The number of aromatic nitrogens is 2. The summed E-state index contributed by atoms with van der Waals surface area (Å²) in [4.78, 5) is 4.01. The van der Waals surface area contributed by atoms with Crippen molar-refractivity contribution in [2.45, 2.75) is 0 Å². The maximum absolute atomic E-state index is 5.94. The zero-order chi connectivity index (χ0) is 14.8. The van der Waals surface area contributed by atoms with Gasteiger partial charge in [-0.15, -0.1) is 0 Å². The van der Waals surface area contributed by atoms with Crippen LogP contribution < -0.4 is 10.5 Å². The van der Waals surface area contributed by atoms with Gasteiger partial charge in [0, 0.05) is 22.4 Å². The van der Waals surface area contributed by atoms with Gasteiger partial charge in [0.2, 0.25) is 5.88 Å². The molecule has 0 spiro atoms. The highest BCUT2D eigenvalue weighted by Crippen LogP contribution is 2.40. The van der Waals surface area contributed by atoms with Gasteiger partial charge in [-0.1, -0.05) is 21.1 Å². The lowest BCUT2D eigenvalue weighted by Gasteiger charge is -2.07. The van der Waals surface area contributed by atoms with Crippen molar-refractivity contribution in [1.82, 2.24) is 10.1 Å². The molecule has 0 fully saturated rings. The van der Waals surface area contributed by atoms with Crippen LogP contribution in [0.15, 0.2) is 51.7 Å². The molecule has 0 saturated carbocycles. The molecule has 5 nitrogen and oxygen atoms in total. The Balaban J connectivity index is 2.21. The lowest BCUT2D eigenvalue weighted by atomic mass is 10.0. The Kier molecular flexibility index (Phi) is 3.62. The minimum absolute atomic E-state index is 0.269. The molecule has 21 heavy (non-hydrogen) atoms. The molecule has 3 rings (SSSR count). The molecule has 3 aromatic rings. The maximum Gasteiger partial charge on any atom is 0.230 e. The number of hydrogen-bond donors (Lipinski definition) is 1. The number of halogens is 1. The van der Waals surface area contributed by atoms with Gasteiger partial charge >= 0.3 is 0 Å². The molecule has 0 aliphatic rings. The van der Waals surface area contributed by atoms with Gasteiger partial charge in [-0.3, -0.25) is 4.98 Å². The number of nitrogens with zero attached hydrogens (tertiary/aromatic N) is 2. The number of nitrogens with two attached hydrogens (primary N) is 1. The highest BCUT2D eigenvalue weighted by Gasteiger charge is 2.19. The normalized spacial score (nSPS) is 10.6. The van der Waals surface area contributed by atoms with E-state index in [-0.39, 0.29) is 5.88 Å². The highest BCUT2D eigenvalue weighted by molar-refractivity contribution is 9.10. The molecule has 2 aromatic heterocycles. The molecule has 0 aliphatic heterocycles. The number of methoxy groups -OCH3 is 1. The van der Waals surface area contributed by atoms with Gasteiger partial charge < -0.3 is 15.0 Å². The molecule has 2 N–H and O–H groups in total. The summed E-state index contributed by atoms with van der Waals surface area (Å²) in [5.41, 5.74) is 9.08. The van der Waals surface area contributed by atoms with Gasteiger partial charge in [0.1, 0.15) is 11.4 Å². The van der Waals surface area contributed by atoms with E-state index < -0.39 is 0 Å². The Morgan fingerprint density at radius 1 is 1.19 bits per heavy atom. The van der Waals surface area contributed by atoms with Crippen molar-refractivity contribution in [3.05, 3.63) is 47.2 Å². The molecule has 0 unspecified atom stereocenters. The molecule has 0 atom stereocenters. The predicted octanol–water partition coefficient (Wildman–Crippen LogP) is 3.76. The lowest BCUT2D eigenvalue weighted by molar-refractivity contribution is 0.414. The highest BCUT2D eigenvalue weighted by atomic mass is 79.9. The minimum Gasteiger partial charge on any atom is -0.497 e. The van der Waals surface area contributed by atoms with Crippen LogP contribution in [0.2, 0.25) is 0 Å². The number of benzene rings is 1. The molecule has 0 aliphatic carbocycles. The lowest BCUT2D eigenvalue weighted by Crippen LogP contribution is -1.90. The zero-order valence-electron chi connectivity index (χ0n) is 11.2. The van der Waals surface area contributed by atoms with Crippen LogP contribution in [-0.2, 0) is 0 Å². The van der Waals surface area contributed by atoms with Gasteiger partial charge in [-0.25, -0.2) is 0 Å². The first-order chi connectivity index (χ1) is 10.2. The van der Waals surface area contributed by atoms with E-state index in [4.69, 9.17) is 15.0 Å². The van der Waals surface area contributed by atoms with Crippen LogP contribution in [0.5, 0.6) is 5.75 Å². The van der Waals surface area contributed by atoms with Gasteiger partial charge in [0.15, 0.2) is 0 Å². The Morgan fingerprint density at radius 2 is 1.95 bits per heavy atom. The number of anilines is 1. The monoisotopic (exact) mass is 345 g/mol. The zero-order valence-corrected chi connectivity index (χ0v) is 12.8. The summed E-state index contributed by atoms with van der Waals surface area (Å²) in [7, 11) is 1.62. The van der Waals surface area contributed by atoms with Crippen LogP contribution in [0.4, 0.5) is 5.88 Å². The first-order valence-electron chi connectivity index (χ1n) is 6.20. The number of nitrogen functional groups attached to an aromatic ring is 1. The molecule has 1 aromatic carbocycles. The summed E-state index contributed by atoms with van der Waals surface area (Å²) < 4.78 is 11.3. The summed E-state index contributed by atoms with van der Waals surface area (Å²) in [5.74, 6) is 1.00. The van der Waals surface area contributed by atoms with E-state index in [1.807, 2.05) is 30.3 Å². The summed E-state index contributed by atoms with van der Waals surface area (Å²) >= 11 is 3.52. The van der Waals surface area contributed by atoms with Crippen molar-refractivity contribution in [2.75, 3.05) is 12.8 Å². The second-order valence-corrected chi connectivity index (χ2v) is 5.21. The van der Waals surface area contributed by atoms with Crippen molar-refractivity contribution in [3.63, 3.8) is 0 Å². The van der Waals surface area contributed by atoms with Crippen LogP contribution in [0.1, 0.15) is 0 Å². The van der Waals surface area contributed by atoms with Crippen molar-refractivity contribution >= 4 is 21.8 Å². The smallest absolute Gasteiger partial charge is 0.230 e. The van der Waals surface area contributed by atoms with E-state index in [0.29, 0.717) is 5.69 Å². The molecule has 2 heterocycles. The second-order valence-electron chi connectivity index (χ2n) is 4.35. The Bertz CT molecular complexity index is 772. The standard InChI is InChI=1S/C15H12BrN3O2/c1-20-10-2-3-12(16)11(8-10)14-13(15(17)21-19-14)9-4-6-18-7-5-9/h2-8H,17H2,1H3. The first kappa shape index (κ1) is 13.6. The van der Waals surface area contributed by atoms with Crippen LogP contribution in [0, 0.1) is 0 Å². The fourth-order valence-corrected chi connectivity index (χ4v) is 2.53. The Morgan fingerprint density at radius 3 is 2.67 bits per heavy atom. The molecule has 6 heteroatoms. The number of ether oxygens (including phenoxy) is 1. The van der Waals surface area contributed by atoms with E-state index in [0.717, 1.165) is 26.9 Å². The SMILES string of the molecule is COc1ccc(Br)c(-c2noc(N)c2-c2ccncc2)c1. The van der Waals surface area contributed by atoms with E-state index in [1.54, 1.807) is 19.5 Å². The Hall–Kier alpha value is -2.34. The Labute approximate surface area is 129 Å². The molecule has 106 valence electrons. The molecule has 0 radical (unpaired) electrons. The van der Waals surface area contributed by atoms with Crippen LogP contribution in [0.25, 0.3) is 22.4 Å². The van der Waals surface area contributed by atoms with Crippen molar-refractivity contribution < 1.29 is 9.26 Å². The van der Waals surface area contributed by atoms with E-state index in [9.17, 15) is 0 Å². The molecular weight excluding hydrogens is 334 g/mol. The van der Waals surface area contributed by atoms with Crippen LogP contribution >= 0.6 is 15.9 Å². The number of rotatable bonds is 3. The fraction of sp³-hybridized carbons (Fsp3) is 0.0667. The van der Waals surface area contributed by atoms with Gasteiger partial charge in [0.25, 0.3) is 0 Å². The topological polar surface area (TPSA) is 74.2 Å². The van der Waals surface area contributed by atoms with Crippen molar-refractivity contribution in [2.24, 2.45) is 0 Å². The molecular formula is C15H12BrN3O2. The molecule has 0 bridgehead atoms.